The van der Waals surface area contributed by atoms with Gasteiger partial charge in [0.1, 0.15) is 0 Å². The SMILES string of the molecule is CCCC[Si](CC)(CC)O[Si](CC)(CC)O[Si](CC)(CC)CCCC. The van der Waals surface area contributed by atoms with Crippen molar-refractivity contribution in [3.8, 4) is 0 Å². The molecule has 0 rings (SSSR count). The van der Waals surface area contributed by atoms with Crippen LogP contribution in [0, 0.1) is 0 Å². The fourth-order valence-corrected chi connectivity index (χ4v) is 21.1. The third-order valence-corrected chi connectivity index (χ3v) is 22.7. The van der Waals surface area contributed by atoms with Crippen LogP contribution in [-0.2, 0) is 8.23 Å². The highest BCUT2D eigenvalue weighted by Crippen LogP contribution is 2.37. The average molecular weight is 405 g/mol. The van der Waals surface area contributed by atoms with E-state index in [0.29, 0.717) is 0 Å². The second kappa shape index (κ2) is 12.9. The first-order chi connectivity index (χ1) is 11.9. The predicted molar refractivity (Wildman–Crippen MR) is 122 cm³/mol. The molecule has 0 atom stereocenters. The first kappa shape index (κ1) is 25.6. The zero-order valence-corrected chi connectivity index (χ0v) is 21.8. The monoisotopic (exact) mass is 404 g/mol. The molecule has 2 nitrogen and oxygen atoms in total. The van der Waals surface area contributed by atoms with Gasteiger partial charge in [0.25, 0.3) is 0 Å². The van der Waals surface area contributed by atoms with Crippen molar-refractivity contribution < 1.29 is 8.23 Å². The molecule has 0 saturated carbocycles. The smallest absolute Gasteiger partial charge is 0.317 e. The number of hydrogen-bond acceptors (Lipinski definition) is 2. The maximum atomic E-state index is 7.25. The first-order valence-electron chi connectivity index (χ1n) is 11.3. The Hall–Kier alpha value is 0.571. The van der Waals surface area contributed by atoms with E-state index in [4.69, 9.17) is 8.23 Å². The molecule has 5 heteroatoms. The number of rotatable bonds is 16. The summed E-state index contributed by atoms with van der Waals surface area (Å²) < 4.78 is 14.5. The Morgan fingerprint density at radius 2 is 0.800 bits per heavy atom. The minimum Gasteiger partial charge on any atom is -0.436 e. The van der Waals surface area contributed by atoms with Gasteiger partial charge in [-0.05, 0) is 48.4 Å². The van der Waals surface area contributed by atoms with E-state index < -0.39 is 25.2 Å². The molecule has 152 valence electrons. The molecular formula is C20H48O2Si3. The molecule has 0 heterocycles. The van der Waals surface area contributed by atoms with Crippen LogP contribution in [0.4, 0.5) is 0 Å². The fourth-order valence-electron chi connectivity index (χ4n) is 3.94. The van der Waals surface area contributed by atoms with Gasteiger partial charge in [-0.3, -0.25) is 0 Å². The summed E-state index contributed by atoms with van der Waals surface area (Å²) in [4.78, 5) is 0. The fraction of sp³-hybridized carbons (Fsp3) is 1.00. The van der Waals surface area contributed by atoms with Crippen LogP contribution < -0.4 is 0 Å². The van der Waals surface area contributed by atoms with E-state index in [1.54, 1.807) is 0 Å². The van der Waals surface area contributed by atoms with Crippen LogP contribution in [-0.4, -0.2) is 25.2 Å². The molecule has 0 spiro atoms. The van der Waals surface area contributed by atoms with Gasteiger partial charge in [0.2, 0.25) is 0 Å². The van der Waals surface area contributed by atoms with Crippen molar-refractivity contribution in [3.63, 3.8) is 0 Å². The van der Waals surface area contributed by atoms with Crippen molar-refractivity contribution in [1.29, 1.82) is 0 Å². The van der Waals surface area contributed by atoms with Gasteiger partial charge in [-0.25, -0.2) is 0 Å². The Balaban J connectivity index is 5.55. The van der Waals surface area contributed by atoms with Gasteiger partial charge in [-0.15, -0.1) is 0 Å². The molecule has 0 N–H and O–H groups in total. The molecule has 0 aliphatic carbocycles. The van der Waals surface area contributed by atoms with Crippen molar-refractivity contribution in [1.82, 2.24) is 0 Å². The van der Waals surface area contributed by atoms with Crippen molar-refractivity contribution >= 4 is 25.2 Å². The Morgan fingerprint density at radius 1 is 0.480 bits per heavy atom. The zero-order chi connectivity index (χ0) is 19.4. The summed E-state index contributed by atoms with van der Waals surface area (Å²) in [5, 5.41) is 0. The van der Waals surface area contributed by atoms with Gasteiger partial charge >= 0.3 is 8.56 Å². The van der Waals surface area contributed by atoms with Gasteiger partial charge in [0.15, 0.2) is 16.6 Å². The summed E-state index contributed by atoms with van der Waals surface area (Å²) in [7, 11) is -5.35. The molecule has 0 aliphatic rings. The quantitative estimate of drug-likeness (QED) is 0.242. The molecule has 0 amide bonds. The van der Waals surface area contributed by atoms with E-state index in [-0.39, 0.29) is 0 Å². The van der Waals surface area contributed by atoms with E-state index in [9.17, 15) is 0 Å². The Bertz CT molecular complexity index is 297. The van der Waals surface area contributed by atoms with E-state index in [0.717, 1.165) is 12.1 Å². The largest absolute Gasteiger partial charge is 0.436 e. The molecule has 0 saturated heterocycles. The van der Waals surface area contributed by atoms with E-state index in [1.807, 2.05) is 0 Å². The van der Waals surface area contributed by atoms with Gasteiger partial charge in [0.05, 0.1) is 0 Å². The van der Waals surface area contributed by atoms with Crippen molar-refractivity contribution in [2.75, 3.05) is 0 Å². The summed E-state index contributed by atoms with van der Waals surface area (Å²) in [5.74, 6) is 0. The molecular weight excluding hydrogens is 356 g/mol. The number of hydrogen-bond donors (Lipinski definition) is 0. The highest BCUT2D eigenvalue weighted by Gasteiger charge is 2.47. The van der Waals surface area contributed by atoms with Crippen LogP contribution >= 0.6 is 0 Å². The molecule has 0 aromatic carbocycles. The predicted octanol–water partition coefficient (Wildman–Crippen LogP) is 8.07. The highest BCUT2D eigenvalue weighted by atomic mass is 28.5. The molecule has 0 aromatic rings. The van der Waals surface area contributed by atoms with Gasteiger partial charge in [0, 0.05) is 0 Å². The molecule has 0 bridgehead atoms. The Morgan fingerprint density at radius 3 is 1.00 bits per heavy atom. The van der Waals surface area contributed by atoms with Crippen LogP contribution in [0.3, 0.4) is 0 Å². The summed E-state index contributed by atoms with van der Waals surface area (Å²) >= 11 is 0. The van der Waals surface area contributed by atoms with Gasteiger partial charge in [-0.2, -0.15) is 0 Å². The minimum atomic E-state index is -2.07. The summed E-state index contributed by atoms with van der Waals surface area (Å²) in [6, 6.07) is 9.93. The summed E-state index contributed by atoms with van der Waals surface area (Å²) in [6.07, 6.45) is 5.22. The van der Waals surface area contributed by atoms with Crippen LogP contribution in [0.5, 0.6) is 0 Å². The topological polar surface area (TPSA) is 18.5 Å². The summed E-state index contributed by atoms with van der Waals surface area (Å²) in [5.41, 5.74) is 0. The molecule has 0 aromatic heterocycles. The second-order valence-electron chi connectivity index (χ2n) is 7.81. The molecule has 0 radical (unpaired) electrons. The van der Waals surface area contributed by atoms with E-state index in [2.05, 4.69) is 55.4 Å². The molecule has 0 aliphatic heterocycles. The van der Waals surface area contributed by atoms with Crippen LogP contribution in [0.15, 0.2) is 0 Å². The van der Waals surface area contributed by atoms with E-state index in [1.165, 1.54) is 61.9 Å². The number of unbranched alkanes of at least 4 members (excludes halogenated alkanes) is 2. The maximum absolute atomic E-state index is 7.25. The van der Waals surface area contributed by atoms with Crippen LogP contribution in [0.2, 0.25) is 48.4 Å². The summed E-state index contributed by atoms with van der Waals surface area (Å²) in [6.45, 7) is 18.8. The van der Waals surface area contributed by atoms with Gasteiger partial charge in [-0.1, -0.05) is 81.1 Å². The lowest BCUT2D eigenvalue weighted by Crippen LogP contribution is -2.58. The van der Waals surface area contributed by atoms with Crippen molar-refractivity contribution in [2.45, 2.75) is 129 Å². The third-order valence-electron chi connectivity index (χ3n) is 6.43. The normalized spacial score (nSPS) is 13.4. The van der Waals surface area contributed by atoms with Gasteiger partial charge < -0.3 is 8.23 Å². The third kappa shape index (κ3) is 7.60. The molecule has 25 heavy (non-hydrogen) atoms. The first-order valence-corrected chi connectivity index (χ1v) is 18.6. The van der Waals surface area contributed by atoms with Crippen LogP contribution in [0.1, 0.15) is 81.1 Å². The standard InChI is InChI=1S/C20H48O2Si3/c1-9-17-19-23(11-3,12-4)21-25(15-7,16-8)22-24(13-5,14-6)20-18-10-2/h9-20H2,1-8H3. The highest BCUT2D eigenvalue weighted by molar-refractivity contribution is 6.90. The van der Waals surface area contributed by atoms with Crippen LogP contribution in [0.25, 0.3) is 0 Å². The van der Waals surface area contributed by atoms with Crippen molar-refractivity contribution in [2.24, 2.45) is 0 Å². The lowest BCUT2D eigenvalue weighted by atomic mass is 10.4. The lowest BCUT2D eigenvalue weighted by molar-refractivity contribution is 0.357. The Kier molecular flexibility index (Phi) is 13.2. The van der Waals surface area contributed by atoms with Crippen molar-refractivity contribution in [3.05, 3.63) is 0 Å². The molecule has 0 unspecified atom stereocenters. The van der Waals surface area contributed by atoms with E-state index >= 15 is 0 Å². The zero-order valence-electron chi connectivity index (χ0n) is 18.8. The molecule has 0 fully saturated rings. The minimum absolute atomic E-state index is 1.13. The second-order valence-corrected chi connectivity index (χ2v) is 21.2. The average Bonchev–Trinajstić information content (AvgIpc) is 2.67. The maximum Gasteiger partial charge on any atom is 0.317 e. The lowest BCUT2D eigenvalue weighted by Gasteiger charge is -2.45. The Labute approximate surface area is 163 Å².